The van der Waals surface area contributed by atoms with Crippen LogP contribution in [0.5, 0.6) is 0 Å². The molecule has 0 bridgehead atoms. The highest BCUT2D eigenvalue weighted by Crippen LogP contribution is 2.27. The normalized spacial score (nSPS) is 12.4. The van der Waals surface area contributed by atoms with Gasteiger partial charge in [-0.15, -0.1) is 0 Å². The summed E-state index contributed by atoms with van der Waals surface area (Å²) in [7, 11) is 0. The van der Waals surface area contributed by atoms with Crippen molar-refractivity contribution in [1.82, 2.24) is 10.4 Å². The number of rotatable bonds is 3. The molecule has 3 nitrogen and oxygen atoms in total. The van der Waals surface area contributed by atoms with E-state index in [9.17, 15) is 4.39 Å². The number of hydrogen-bond acceptors (Lipinski definition) is 3. The van der Waals surface area contributed by atoms with Gasteiger partial charge in [-0.25, -0.2) is 9.82 Å². The monoisotopic (exact) mass is 251 g/mol. The molecule has 0 fully saturated rings. The van der Waals surface area contributed by atoms with E-state index in [0.717, 1.165) is 5.56 Å². The van der Waals surface area contributed by atoms with Gasteiger partial charge in [0.15, 0.2) is 0 Å². The lowest BCUT2D eigenvalue weighted by Crippen LogP contribution is -2.29. The number of pyridine rings is 1. The summed E-state index contributed by atoms with van der Waals surface area (Å²) in [6.45, 7) is 0. The van der Waals surface area contributed by atoms with Gasteiger partial charge in [0, 0.05) is 17.4 Å². The summed E-state index contributed by atoms with van der Waals surface area (Å²) < 4.78 is 13.2. The van der Waals surface area contributed by atoms with E-state index >= 15 is 0 Å². The third-order valence-corrected chi connectivity index (χ3v) is 2.80. The van der Waals surface area contributed by atoms with E-state index in [1.165, 1.54) is 18.2 Å². The van der Waals surface area contributed by atoms with Crippen molar-refractivity contribution in [1.29, 1.82) is 0 Å². The minimum Gasteiger partial charge on any atom is -0.271 e. The Balaban J connectivity index is 2.46. The number of hydrogen-bond donors (Lipinski definition) is 2. The minimum atomic E-state index is -0.383. The lowest BCUT2D eigenvalue weighted by molar-refractivity contribution is 0.604. The Bertz CT molecular complexity index is 504. The van der Waals surface area contributed by atoms with E-state index in [2.05, 4.69) is 10.4 Å². The lowest BCUT2D eigenvalue weighted by Gasteiger charge is -2.17. The summed E-state index contributed by atoms with van der Waals surface area (Å²) in [5.74, 6) is 5.14. The van der Waals surface area contributed by atoms with Gasteiger partial charge in [0.25, 0.3) is 0 Å². The maximum absolute atomic E-state index is 13.2. The van der Waals surface area contributed by atoms with Crippen LogP contribution < -0.4 is 11.3 Å². The first-order chi connectivity index (χ1) is 8.22. The molecule has 3 N–H and O–H groups in total. The van der Waals surface area contributed by atoms with Crippen molar-refractivity contribution in [2.24, 2.45) is 5.84 Å². The van der Waals surface area contributed by atoms with Gasteiger partial charge >= 0.3 is 0 Å². The van der Waals surface area contributed by atoms with E-state index in [4.69, 9.17) is 17.4 Å². The summed E-state index contributed by atoms with van der Waals surface area (Å²) in [5.41, 5.74) is 4.02. The van der Waals surface area contributed by atoms with Gasteiger partial charge < -0.3 is 0 Å². The maximum atomic E-state index is 13.2. The van der Waals surface area contributed by atoms with Crippen LogP contribution in [-0.2, 0) is 0 Å². The van der Waals surface area contributed by atoms with E-state index in [1.807, 2.05) is 6.07 Å². The Morgan fingerprint density at radius 1 is 1.35 bits per heavy atom. The molecule has 0 spiro atoms. The molecule has 5 heteroatoms. The molecule has 0 aliphatic heterocycles. The van der Waals surface area contributed by atoms with E-state index in [0.29, 0.717) is 10.6 Å². The largest absolute Gasteiger partial charge is 0.271 e. The predicted molar refractivity (Wildman–Crippen MR) is 64.8 cm³/mol. The highest BCUT2D eigenvalue weighted by molar-refractivity contribution is 6.31. The Kier molecular flexibility index (Phi) is 3.68. The van der Waals surface area contributed by atoms with Crippen molar-refractivity contribution >= 4 is 11.6 Å². The first kappa shape index (κ1) is 12.0. The first-order valence-corrected chi connectivity index (χ1v) is 5.41. The molecule has 0 saturated heterocycles. The fourth-order valence-corrected chi connectivity index (χ4v) is 1.87. The van der Waals surface area contributed by atoms with Gasteiger partial charge in [0.2, 0.25) is 0 Å². The van der Waals surface area contributed by atoms with Crippen molar-refractivity contribution in [3.8, 4) is 0 Å². The topological polar surface area (TPSA) is 50.9 Å². The number of nitrogens with one attached hydrogen (secondary N) is 1. The summed E-state index contributed by atoms with van der Waals surface area (Å²) in [4.78, 5) is 4.00. The van der Waals surface area contributed by atoms with Crippen LogP contribution in [0.2, 0.25) is 5.02 Å². The Morgan fingerprint density at radius 2 is 2.18 bits per heavy atom. The molecular formula is C12H11ClFN3. The zero-order valence-electron chi connectivity index (χ0n) is 8.90. The van der Waals surface area contributed by atoms with Gasteiger partial charge in [-0.1, -0.05) is 17.7 Å². The second-order valence-corrected chi connectivity index (χ2v) is 3.96. The molecule has 2 aromatic rings. The van der Waals surface area contributed by atoms with E-state index in [-0.39, 0.29) is 11.9 Å². The van der Waals surface area contributed by atoms with E-state index in [1.54, 1.807) is 18.5 Å². The molecule has 1 aromatic carbocycles. The number of nitrogens with two attached hydrogens (primary N) is 1. The maximum Gasteiger partial charge on any atom is 0.123 e. The third kappa shape index (κ3) is 2.61. The molecule has 0 saturated carbocycles. The lowest BCUT2D eigenvalue weighted by atomic mass is 10.0. The minimum absolute atomic E-state index is 0.353. The molecule has 17 heavy (non-hydrogen) atoms. The molecule has 0 aliphatic carbocycles. The van der Waals surface area contributed by atoms with Crippen LogP contribution in [0.4, 0.5) is 4.39 Å². The Morgan fingerprint density at radius 3 is 2.82 bits per heavy atom. The summed E-state index contributed by atoms with van der Waals surface area (Å²) >= 11 is 6.04. The van der Waals surface area contributed by atoms with Crippen LogP contribution in [0.3, 0.4) is 0 Å². The second-order valence-electron chi connectivity index (χ2n) is 3.55. The smallest absolute Gasteiger partial charge is 0.123 e. The molecule has 88 valence electrons. The zero-order valence-corrected chi connectivity index (χ0v) is 9.66. The average Bonchev–Trinajstić information content (AvgIpc) is 2.36. The number of halogens is 2. The molecule has 1 heterocycles. The molecule has 1 aromatic heterocycles. The SMILES string of the molecule is NNC(c1cccnc1)c1cc(F)ccc1Cl. The number of aromatic nitrogens is 1. The quantitative estimate of drug-likeness (QED) is 0.651. The number of hydrazine groups is 1. The first-order valence-electron chi connectivity index (χ1n) is 5.03. The van der Waals surface area contributed by atoms with Crippen molar-refractivity contribution < 1.29 is 4.39 Å². The molecule has 0 aliphatic rings. The van der Waals surface area contributed by atoms with Crippen molar-refractivity contribution in [3.63, 3.8) is 0 Å². The van der Waals surface area contributed by atoms with Crippen LogP contribution >= 0.6 is 11.6 Å². The van der Waals surface area contributed by atoms with Crippen LogP contribution in [0.1, 0.15) is 17.2 Å². The fraction of sp³-hybridized carbons (Fsp3) is 0.0833. The van der Waals surface area contributed by atoms with Gasteiger partial charge in [-0.3, -0.25) is 10.8 Å². The fourth-order valence-electron chi connectivity index (χ4n) is 1.65. The molecular weight excluding hydrogens is 241 g/mol. The van der Waals surface area contributed by atoms with Gasteiger partial charge in [0.05, 0.1) is 6.04 Å². The molecule has 0 amide bonds. The summed E-state index contributed by atoms with van der Waals surface area (Å²) in [5, 5.41) is 0.457. The third-order valence-electron chi connectivity index (χ3n) is 2.45. The van der Waals surface area contributed by atoms with Gasteiger partial charge in [-0.2, -0.15) is 0 Å². The highest BCUT2D eigenvalue weighted by atomic mass is 35.5. The predicted octanol–water partition coefficient (Wildman–Crippen LogP) is 2.43. The van der Waals surface area contributed by atoms with Crippen LogP contribution in [-0.4, -0.2) is 4.98 Å². The molecule has 1 unspecified atom stereocenters. The van der Waals surface area contributed by atoms with Crippen LogP contribution in [0.25, 0.3) is 0 Å². The van der Waals surface area contributed by atoms with Crippen molar-refractivity contribution in [2.75, 3.05) is 0 Å². The Hall–Kier alpha value is -1.49. The van der Waals surface area contributed by atoms with Crippen molar-refractivity contribution in [2.45, 2.75) is 6.04 Å². The molecule has 2 rings (SSSR count). The summed E-state index contributed by atoms with van der Waals surface area (Å²) in [6, 6.07) is 7.42. The Labute approximate surface area is 103 Å². The van der Waals surface area contributed by atoms with Crippen LogP contribution in [0, 0.1) is 5.82 Å². The second kappa shape index (κ2) is 5.23. The van der Waals surface area contributed by atoms with Crippen molar-refractivity contribution in [3.05, 3.63) is 64.7 Å². The van der Waals surface area contributed by atoms with Gasteiger partial charge in [0.1, 0.15) is 5.82 Å². The highest BCUT2D eigenvalue weighted by Gasteiger charge is 2.16. The zero-order chi connectivity index (χ0) is 12.3. The average molecular weight is 252 g/mol. The summed E-state index contributed by atoms with van der Waals surface area (Å²) in [6.07, 6.45) is 3.32. The van der Waals surface area contributed by atoms with Crippen LogP contribution in [0.15, 0.2) is 42.7 Å². The molecule has 0 radical (unpaired) electrons. The number of benzene rings is 1. The van der Waals surface area contributed by atoms with Gasteiger partial charge in [-0.05, 0) is 35.4 Å². The van der Waals surface area contributed by atoms with E-state index < -0.39 is 0 Å². The molecule has 1 atom stereocenters. The number of nitrogens with zero attached hydrogens (tertiary/aromatic N) is 1. The standard InChI is InChI=1S/C12H11ClFN3/c13-11-4-3-9(14)6-10(11)12(17-15)8-2-1-5-16-7-8/h1-7,12,17H,15H2.